The summed E-state index contributed by atoms with van der Waals surface area (Å²) in [6, 6.07) is 0. The van der Waals surface area contributed by atoms with Crippen LogP contribution < -0.4 is 5.32 Å². The maximum Gasteiger partial charge on any atom is 0.186 e. The van der Waals surface area contributed by atoms with E-state index in [1.165, 1.54) is 0 Å². The molecule has 0 spiro atoms. The minimum absolute atomic E-state index is 0.0518. The molecule has 2 aliphatic heterocycles. The zero-order valence-corrected chi connectivity index (χ0v) is 8.03. The third kappa shape index (κ3) is 4.54. The van der Waals surface area contributed by atoms with Gasteiger partial charge in [-0.1, -0.05) is 0 Å². The molecule has 0 aliphatic carbocycles. The molecule has 5 heteroatoms. The monoisotopic (exact) mass is 191 g/mol. The molecule has 3 atom stereocenters. The van der Waals surface area contributed by atoms with Crippen molar-refractivity contribution in [1.29, 1.82) is 0 Å². The molecule has 2 aliphatic rings. The normalized spacial score (nSPS) is 34.8. The van der Waals surface area contributed by atoms with E-state index in [1.807, 2.05) is 14.1 Å². The Morgan fingerprint density at radius 3 is 2.54 bits per heavy atom. The van der Waals surface area contributed by atoms with Gasteiger partial charge in [0.25, 0.3) is 0 Å². The predicted molar refractivity (Wildman–Crippen MR) is 46.4 cm³/mol. The highest BCUT2D eigenvalue weighted by Gasteiger charge is 2.40. The number of hydrogen-bond donors (Lipinski definition) is 2. The van der Waals surface area contributed by atoms with Crippen molar-refractivity contribution in [2.24, 2.45) is 0 Å². The van der Waals surface area contributed by atoms with Crippen LogP contribution in [0.1, 0.15) is 0 Å². The van der Waals surface area contributed by atoms with Crippen molar-refractivity contribution >= 4 is 0 Å². The highest BCUT2D eigenvalue weighted by Crippen LogP contribution is 2.23. The first kappa shape index (κ1) is 10.9. The Bertz CT molecular complexity index is 140. The number of aliphatic hydroxyl groups is 1. The second-order valence-corrected chi connectivity index (χ2v) is 3.01. The Labute approximate surface area is 78.0 Å². The third-order valence-electron chi connectivity index (χ3n) is 1.56. The Balaban J connectivity index is 0.000000251. The molecular weight excluding hydrogens is 174 g/mol. The van der Waals surface area contributed by atoms with Gasteiger partial charge < -0.3 is 24.6 Å². The molecule has 78 valence electrons. The van der Waals surface area contributed by atoms with Crippen molar-refractivity contribution in [2.45, 2.75) is 18.5 Å². The summed E-state index contributed by atoms with van der Waals surface area (Å²) in [7, 11) is 3.75. The van der Waals surface area contributed by atoms with Gasteiger partial charge in [0.1, 0.15) is 12.2 Å². The SMILES string of the molecule is CNC.OCC1OC1OCC1CO1. The molecule has 5 nitrogen and oxygen atoms in total. The summed E-state index contributed by atoms with van der Waals surface area (Å²) in [5.41, 5.74) is 0. The van der Waals surface area contributed by atoms with Crippen molar-refractivity contribution in [2.75, 3.05) is 33.9 Å². The lowest BCUT2D eigenvalue weighted by Crippen LogP contribution is -2.08. The summed E-state index contributed by atoms with van der Waals surface area (Å²) < 4.78 is 15.0. The zero-order chi connectivity index (χ0) is 9.68. The molecule has 0 bridgehead atoms. The van der Waals surface area contributed by atoms with Gasteiger partial charge in [0.05, 0.1) is 19.8 Å². The minimum atomic E-state index is -0.172. The highest BCUT2D eigenvalue weighted by atomic mass is 16.8. The van der Waals surface area contributed by atoms with Gasteiger partial charge in [-0.05, 0) is 14.1 Å². The first-order chi connectivity index (χ1) is 6.31. The van der Waals surface area contributed by atoms with Crippen molar-refractivity contribution in [3.63, 3.8) is 0 Å². The van der Waals surface area contributed by atoms with E-state index >= 15 is 0 Å². The molecule has 0 aromatic rings. The van der Waals surface area contributed by atoms with Gasteiger partial charge in [-0.2, -0.15) is 0 Å². The topological polar surface area (TPSA) is 66.5 Å². The van der Waals surface area contributed by atoms with E-state index in [2.05, 4.69) is 5.32 Å². The lowest BCUT2D eigenvalue weighted by atomic mass is 10.5. The fraction of sp³-hybridized carbons (Fsp3) is 1.00. The summed E-state index contributed by atoms with van der Waals surface area (Å²) in [6.45, 7) is 1.45. The summed E-state index contributed by atoms with van der Waals surface area (Å²) in [4.78, 5) is 0. The zero-order valence-electron chi connectivity index (χ0n) is 8.03. The minimum Gasteiger partial charge on any atom is -0.393 e. The molecule has 2 heterocycles. The standard InChI is InChI=1S/C6H10O4.C2H7N/c7-1-5-6(10-5)9-3-4-2-8-4;1-3-2/h4-7H,1-3H2;3H,1-2H3. The maximum atomic E-state index is 8.52. The van der Waals surface area contributed by atoms with E-state index in [1.54, 1.807) is 0 Å². The first-order valence-electron chi connectivity index (χ1n) is 4.39. The van der Waals surface area contributed by atoms with Crippen molar-refractivity contribution in [1.82, 2.24) is 5.32 Å². The average molecular weight is 191 g/mol. The second kappa shape index (κ2) is 5.51. The van der Waals surface area contributed by atoms with Crippen LogP contribution in [0.5, 0.6) is 0 Å². The number of rotatable bonds is 4. The van der Waals surface area contributed by atoms with Crippen LogP contribution in [0.15, 0.2) is 0 Å². The molecule has 0 radical (unpaired) electrons. The molecule has 0 aromatic heterocycles. The average Bonchev–Trinajstić information content (AvgIpc) is 3.00. The van der Waals surface area contributed by atoms with E-state index in [-0.39, 0.29) is 25.1 Å². The van der Waals surface area contributed by atoms with Gasteiger partial charge in [0.2, 0.25) is 0 Å². The Hall–Kier alpha value is -0.200. The summed E-state index contributed by atoms with van der Waals surface area (Å²) in [5.74, 6) is 0. The van der Waals surface area contributed by atoms with Crippen LogP contribution in [0.3, 0.4) is 0 Å². The quantitative estimate of drug-likeness (QED) is 0.555. The molecule has 2 N–H and O–H groups in total. The van der Waals surface area contributed by atoms with E-state index in [0.29, 0.717) is 6.61 Å². The fourth-order valence-electron chi connectivity index (χ4n) is 0.769. The Morgan fingerprint density at radius 2 is 2.15 bits per heavy atom. The number of aliphatic hydroxyl groups excluding tert-OH is 1. The van der Waals surface area contributed by atoms with Crippen molar-refractivity contribution in [3.05, 3.63) is 0 Å². The number of epoxide rings is 2. The summed E-state index contributed by atoms with van der Waals surface area (Å²) >= 11 is 0. The van der Waals surface area contributed by atoms with Crippen LogP contribution >= 0.6 is 0 Å². The maximum absolute atomic E-state index is 8.52. The second-order valence-electron chi connectivity index (χ2n) is 3.01. The lowest BCUT2D eigenvalue weighted by molar-refractivity contribution is 0.0405. The van der Waals surface area contributed by atoms with Crippen LogP contribution in [0.25, 0.3) is 0 Å². The van der Waals surface area contributed by atoms with Crippen molar-refractivity contribution in [3.8, 4) is 0 Å². The van der Waals surface area contributed by atoms with Crippen LogP contribution in [0.4, 0.5) is 0 Å². The summed E-state index contributed by atoms with van der Waals surface area (Å²) in [5, 5.41) is 11.3. The number of hydrogen-bond acceptors (Lipinski definition) is 5. The fourth-order valence-corrected chi connectivity index (χ4v) is 0.769. The molecule has 2 rings (SSSR count). The molecule has 0 aromatic carbocycles. The van der Waals surface area contributed by atoms with Gasteiger partial charge >= 0.3 is 0 Å². The molecule has 13 heavy (non-hydrogen) atoms. The van der Waals surface area contributed by atoms with Crippen LogP contribution in [0, 0.1) is 0 Å². The molecular formula is C8H17NO4. The van der Waals surface area contributed by atoms with E-state index in [0.717, 1.165) is 6.61 Å². The largest absolute Gasteiger partial charge is 0.393 e. The third-order valence-corrected chi connectivity index (χ3v) is 1.56. The highest BCUT2D eigenvalue weighted by molar-refractivity contribution is 4.77. The lowest BCUT2D eigenvalue weighted by Gasteiger charge is -1.93. The van der Waals surface area contributed by atoms with Gasteiger partial charge in [0.15, 0.2) is 6.29 Å². The molecule has 3 unspecified atom stereocenters. The van der Waals surface area contributed by atoms with E-state index in [9.17, 15) is 0 Å². The van der Waals surface area contributed by atoms with E-state index in [4.69, 9.17) is 19.3 Å². The molecule has 2 saturated heterocycles. The molecule has 0 amide bonds. The first-order valence-corrected chi connectivity index (χ1v) is 4.39. The van der Waals surface area contributed by atoms with Gasteiger partial charge in [-0.3, -0.25) is 0 Å². The van der Waals surface area contributed by atoms with Crippen LogP contribution in [-0.2, 0) is 14.2 Å². The molecule has 0 saturated carbocycles. The van der Waals surface area contributed by atoms with E-state index < -0.39 is 0 Å². The Morgan fingerprint density at radius 1 is 1.54 bits per heavy atom. The number of ether oxygens (including phenoxy) is 3. The summed E-state index contributed by atoms with van der Waals surface area (Å²) in [6.07, 6.45) is 0.0245. The van der Waals surface area contributed by atoms with Crippen LogP contribution in [-0.4, -0.2) is 57.5 Å². The van der Waals surface area contributed by atoms with Crippen LogP contribution in [0.2, 0.25) is 0 Å². The number of nitrogens with one attached hydrogen (secondary N) is 1. The van der Waals surface area contributed by atoms with Gasteiger partial charge in [-0.15, -0.1) is 0 Å². The smallest absolute Gasteiger partial charge is 0.186 e. The van der Waals surface area contributed by atoms with Gasteiger partial charge in [0, 0.05) is 0 Å². The van der Waals surface area contributed by atoms with Gasteiger partial charge in [-0.25, -0.2) is 0 Å². The Kier molecular flexibility index (Phi) is 4.61. The molecule has 2 fully saturated rings. The van der Waals surface area contributed by atoms with Crippen molar-refractivity contribution < 1.29 is 19.3 Å². The predicted octanol–water partition coefficient (Wildman–Crippen LogP) is -1.05.